The van der Waals surface area contributed by atoms with E-state index < -0.39 is 35.7 Å². The molecule has 0 radical (unpaired) electrons. The normalized spacial score (nSPS) is 20.3. The molecule has 1 amide bonds. The van der Waals surface area contributed by atoms with Gasteiger partial charge < -0.3 is 29.0 Å². The maximum atomic E-state index is 12.9. The summed E-state index contributed by atoms with van der Waals surface area (Å²) >= 11 is 0. The Hall–Kier alpha value is -2.98. The SMILES string of the molecule is CCOC(=O)C(CCC[C@H](NC(=O)c1ccccc1)[C@H]1CO[C@@](C)(C(=O)OCC)OC1)C(=O)OCC. The maximum Gasteiger partial charge on any atom is 0.366 e. The van der Waals surface area contributed by atoms with E-state index in [4.69, 9.17) is 23.7 Å². The van der Waals surface area contributed by atoms with Crippen LogP contribution >= 0.6 is 0 Å². The van der Waals surface area contributed by atoms with Crippen LogP contribution in [0.15, 0.2) is 30.3 Å². The molecular formula is C26H37NO9. The first-order valence-corrected chi connectivity index (χ1v) is 12.4. The van der Waals surface area contributed by atoms with E-state index in [1.165, 1.54) is 6.92 Å². The molecular weight excluding hydrogens is 470 g/mol. The Kier molecular flexibility index (Phi) is 11.8. The van der Waals surface area contributed by atoms with Gasteiger partial charge in [0.25, 0.3) is 11.7 Å². The fourth-order valence-corrected chi connectivity index (χ4v) is 3.86. The fraction of sp³-hybridized carbons (Fsp3) is 0.615. The molecule has 200 valence electrons. The van der Waals surface area contributed by atoms with E-state index in [0.717, 1.165) is 0 Å². The topological polar surface area (TPSA) is 126 Å². The van der Waals surface area contributed by atoms with E-state index in [1.54, 1.807) is 45.0 Å². The van der Waals surface area contributed by atoms with Crippen molar-refractivity contribution in [3.8, 4) is 0 Å². The van der Waals surface area contributed by atoms with Gasteiger partial charge in [-0.3, -0.25) is 14.4 Å². The van der Waals surface area contributed by atoms with E-state index in [-0.39, 0.29) is 51.3 Å². The van der Waals surface area contributed by atoms with Crippen LogP contribution in [0.2, 0.25) is 0 Å². The zero-order chi connectivity index (χ0) is 26.6. The first-order chi connectivity index (χ1) is 17.3. The van der Waals surface area contributed by atoms with Crippen molar-refractivity contribution in [1.29, 1.82) is 0 Å². The zero-order valence-corrected chi connectivity index (χ0v) is 21.4. The van der Waals surface area contributed by atoms with Gasteiger partial charge in [-0.05, 0) is 52.2 Å². The average molecular weight is 508 g/mol. The Morgan fingerprint density at radius 3 is 2.00 bits per heavy atom. The van der Waals surface area contributed by atoms with Gasteiger partial charge in [0.05, 0.1) is 33.0 Å². The van der Waals surface area contributed by atoms with Gasteiger partial charge >= 0.3 is 17.9 Å². The highest BCUT2D eigenvalue weighted by Crippen LogP contribution is 2.27. The molecule has 1 saturated heterocycles. The van der Waals surface area contributed by atoms with Crippen LogP contribution < -0.4 is 5.32 Å². The van der Waals surface area contributed by atoms with Crippen LogP contribution in [-0.4, -0.2) is 68.7 Å². The minimum absolute atomic E-state index is 0.147. The molecule has 1 fully saturated rings. The van der Waals surface area contributed by atoms with Crippen LogP contribution in [0.3, 0.4) is 0 Å². The molecule has 10 nitrogen and oxygen atoms in total. The van der Waals surface area contributed by atoms with Crippen LogP contribution in [0.5, 0.6) is 0 Å². The number of amides is 1. The summed E-state index contributed by atoms with van der Waals surface area (Å²) in [4.78, 5) is 49.7. The minimum atomic E-state index is -1.51. The second kappa shape index (κ2) is 14.5. The lowest BCUT2D eigenvalue weighted by Crippen LogP contribution is -2.53. The number of hydrogen-bond donors (Lipinski definition) is 1. The number of carbonyl (C=O) groups is 4. The molecule has 1 aliphatic rings. The van der Waals surface area contributed by atoms with Gasteiger partial charge in [-0.25, -0.2) is 4.79 Å². The second-order valence-corrected chi connectivity index (χ2v) is 8.48. The Labute approximate surface area is 211 Å². The number of nitrogens with one attached hydrogen (secondary N) is 1. The van der Waals surface area contributed by atoms with E-state index in [1.807, 2.05) is 6.07 Å². The van der Waals surface area contributed by atoms with Gasteiger partial charge in [-0.2, -0.15) is 0 Å². The molecule has 2 rings (SSSR count). The smallest absolute Gasteiger partial charge is 0.366 e. The summed E-state index contributed by atoms with van der Waals surface area (Å²) < 4.78 is 26.6. The predicted molar refractivity (Wildman–Crippen MR) is 129 cm³/mol. The van der Waals surface area contributed by atoms with Crippen LogP contribution in [0.4, 0.5) is 0 Å². The molecule has 0 aliphatic carbocycles. The number of ether oxygens (including phenoxy) is 5. The monoisotopic (exact) mass is 507 g/mol. The molecule has 0 saturated carbocycles. The third-order valence-electron chi connectivity index (χ3n) is 5.86. The first kappa shape index (κ1) is 29.3. The fourth-order valence-electron chi connectivity index (χ4n) is 3.86. The summed E-state index contributed by atoms with van der Waals surface area (Å²) in [6, 6.07) is 8.36. The number of carbonyl (C=O) groups excluding carboxylic acids is 4. The van der Waals surface area contributed by atoms with E-state index in [9.17, 15) is 19.2 Å². The zero-order valence-electron chi connectivity index (χ0n) is 21.4. The van der Waals surface area contributed by atoms with Crippen molar-refractivity contribution in [2.75, 3.05) is 33.0 Å². The molecule has 1 aromatic rings. The van der Waals surface area contributed by atoms with E-state index in [2.05, 4.69) is 5.32 Å². The molecule has 0 spiro atoms. The van der Waals surface area contributed by atoms with E-state index in [0.29, 0.717) is 18.4 Å². The third-order valence-corrected chi connectivity index (χ3v) is 5.86. The summed E-state index contributed by atoms with van der Waals surface area (Å²) in [6.07, 6.45) is 1.05. The molecule has 0 bridgehead atoms. The molecule has 1 heterocycles. The van der Waals surface area contributed by atoms with Crippen molar-refractivity contribution in [2.24, 2.45) is 11.8 Å². The van der Waals surface area contributed by atoms with Gasteiger partial charge in [0, 0.05) is 24.4 Å². The van der Waals surface area contributed by atoms with Crippen LogP contribution in [0.25, 0.3) is 0 Å². The Bertz CT molecular complexity index is 847. The van der Waals surface area contributed by atoms with Gasteiger partial charge in [-0.15, -0.1) is 0 Å². The predicted octanol–water partition coefficient (Wildman–Crippen LogP) is 2.64. The summed E-state index contributed by atoms with van der Waals surface area (Å²) in [7, 11) is 0. The number of esters is 3. The molecule has 36 heavy (non-hydrogen) atoms. The largest absolute Gasteiger partial charge is 0.465 e. The third kappa shape index (κ3) is 8.30. The standard InChI is InChI=1S/C26H37NO9/c1-5-32-23(29)20(24(30)33-6-2)14-11-15-21(27-22(28)18-12-9-8-10-13-18)19-16-35-26(4,36-17-19)25(31)34-7-3/h8-10,12-13,19-21H,5-7,11,14-17H2,1-4H3,(H,27,28)/t19-,21-,26+/m0/s1. The lowest BCUT2D eigenvalue weighted by molar-refractivity contribution is -0.275. The highest BCUT2D eigenvalue weighted by Gasteiger charge is 2.43. The molecule has 10 heteroatoms. The minimum Gasteiger partial charge on any atom is -0.465 e. The Balaban J connectivity index is 2.10. The van der Waals surface area contributed by atoms with Crippen LogP contribution in [0, 0.1) is 11.8 Å². The van der Waals surface area contributed by atoms with Gasteiger partial charge in [0.1, 0.15) is 0 Å². The molecule has 0 aromatic heterocycles. The first-order valence-electron chi connectivity index (χ1n) is 12.4. The highest BCUT2D eigenvalue weighted by atomic mass is 16.7. The van der Waals surface area contributed by atoms with Crippen molar-refractivity contribution in [2.45, 2.75) is 58.8 Å². The quantitative estimate of drug-likeness (QED) is 0.243. The molecule has 1 atom stereocenters. The summed E-state index contributed by atoms with van der Waals surface area (Å²) in [5.41, 5.74) is 0.493. The Morgan fingerprint density at radius 2 is 1.47 bits per heavy atom. The summed E-state index contributed by atoms with van der Waals surface area (Å²) in [6.45, 7) is 7.33. The van der Waals surface area contributed by atoms with Crippen molar-refractivity contribution >= 4 is 23.8 Å². The molecule has 1 aliphatic heterocycles. The summed E-state index contributed by atoms with van der Waals surface area (Å²) in [5.74, 6) is -4.97. The van der Waals surface area contributed by atoms with Crippen molar-refractivity contribution in [3.63, 3.8) is 0 Å². The summed E-state index contributed by atoms with van der Waals surface area (Å²) in [5, 5.41) is 3.02. The number of rotatable bonds is 13. The number of hydrogen-bond acceptors (Lipinski definition) is 9. The van der Waals surface area contributed by atoms with E-state index >= 15 is 0 Å². The van der Waals surface area contributed by atoms with Gasteiger partial charge in [0.2, 0.25) is 0 Å². The lowest BCUT2D eigenvalue weighted by Gasteiger charge is -2.38. The van der Waals surface area contributed by atoms with Gasteiger partial charge in [-0.1, -0.05) is 18.2 Å². The van der Waals surface area contributed by atoms with Crippen molar-refractivity contribution in [1.82, 2.24) is 5.32 Å². The highest BCUT2D eigenvalue weighted by molar-refractivity contribution is 5.95. The van der Waals surface area contributed by atoms with Crippen molar-refractivity contribution in [3.05, 3.63) is 35.9 Å². The van der Waals surface area contributed by atoms with Crippen molar-refractivity contribution < 1.29 is 42.9 Å². The lowest BCUT2D eigenvalue weighted by atomic mass is 9.92. The second-order valence-electron chi connectivity index (χ2n) is 8.48. The molecule has 1 aromatic carbocycles. The molecule has 0 unspecified atom stereocenters. The maximum absolute atomic E-state index is 12.9. The van der Waals surface area contributed by atoms with Crippen LogP contribution in [-0.2, 0) is 38.1 Å². The number of benzene rings is 1. The molecule has 1 N–H and O–H groups in total. The average Bonchev–Trinajstić information content (AvgIpc) is 2.87. The van der Waals surface area contributed by atoms with Gasteiger partial charge in [0.15, 0.2) is 5.92 Å². The van der Waals surface area contributed by atoms with Crippen LogP contribution in [0.1, 0.15) is 57.3 Å². The Morgan fingerprint density at radius 1 is 0.917 bits per heavy atom.